The van der Waals surface area contributed by atoms with E-state index in [4.69, 9.17) is 0 Å². The number of hydrogen-bond donors (Lipinski definition) is 3. The smallest absolute Gasteiger partial charge is 0.259 e. The van der Waals surface area contributed by atoms with Gasteiger partial charge in [0.25, 0.3) is 5.56 Å². The van der Waals surface area contributed by atoms with Crippen LogP contribution in [0.1, 0.15) is 46.7 Å². The molecule has 0 spiro atoms. The molecule has 1 aliphatic carbocycles. The Morgan fingerprint density at radius 2 is 1.87 bits per heavy atom. The van der Waals surface area contributed by atoms with E-state index in [1.54, 1.807) is 11.3 Å². The maximum Gasteiger partial charge on any atom is 0.259 e. The average Bonchev–Trinajstić information content (AvgIpc) is 3.12. The topological polar surface area (TPSA) is 104 Å². The van der Waals surface area contributed by atoms with Gasteiger partial charge in [-0.25, -0.2) is 4.98 Å². The number of hydrogen-bond acceptors (Lipinski definition) is 5. The van der Waals surface area contributed by atoms with Gasteiger partial charge in [-0.05, 0) is 56.2 Å². The number of fused-ring (bicyclic) bond motifs is 3. The number of anilines is 1. The number of thiophene rings is 1. The van der Waals surface area contributed by atoms with Crippen molar-refractivity contribution < 1.29 is 9.59 Å². The van der Waals surface area contributed by atoms with Crippen molar-refractivity contribution in [1.29, 1.82) is 0 Å². The standard InChI is InChI=1S/C23H26N4O3S/c1-13-6-5-7-14(2)21(13)27-19(29)12-24-18(28)11-10-17-25-22(30)20-15-8-3-4-9-16(15)31-23(20)26-17/h5-7H,3-4,8-12H2,1-2H3,(H,24,28)(H,27,29)(H,25,26,30). The lowest BCUT2D eigenvalue weighted by Gasteiger charge is -2.12. The van der Waals surface area contributed by atoms with Crippen molar-refractivity contribution in [3.05, 3.63) is 55.9 Å². The molecule has 7 nitrogen and oxygen atoms in total. The second-order valence-electron chi connectivity index (χ2n) is 8.00. The zero-order chi connectivity index (χ0) is 22.0. The fourth-order valence-electron chi connectivity index (χ4n) is 4.02. The number of carbonyl (C=O) groups is 2. The Bertz CT molecular complexity index is 1190. The Morgan fingerprint density at radius 1 is 1.13 bits per heavy atom. The van der Waals surface area contributed by atoms with Gasteiger partial charge in [0.05, 0.1) is 11.9 Å². The van der Waals surface area contributed by atoms with Crippen molar-refractivity contribution in [2.24, 2.45) is 0 Å². The van der Waals surface area contributed by atoms with Gasteiger partial charge in [0.15, 0.2) is 0 Å². The summed E-state index contributed by atoms with van der Waals surface area (Å²) in [6.07, 6.45) is 4.68. The minimum atomic E-state index is -0.275. The summed E-state index contributed by atoms with van der Waals surface area (Å²) in [5.41, 5.74) is 3.75. The lowest BCUT2D eigenvalue weighted by molar-refractivity contribution is -0.124. The van der Waals surface area contributed by atoms with Gasteiger partial charge in [-0.15, -0.1) is 11.3 Å². The molecule has 0 bridgehead atoms. The van der Waals surface area contributed by atoms with E-state index in [0.717, 1.165) is 58.3 Å². The number of aromatic nitrogens is 2. The van der Waals surface area contributed by atoms with Crippen LogP contribution in [0.3, 0.4) is 0 Å². The number of rotatable bonds is 6. The van der Waals surface area contributed by atoms with E-state index < -0.39 is 0 Å². The Balaban J connectivity index is 1.33. The fourth-order valence-corrected chi connectivity index (χ4v) is 5.30. The Morgan fingerprint density at radius 3 is 2.65 bits per heavy atom. The molecular weight excluding hydrogens is 412 g/mol. The average molecular weight is 439 g/mol. The predicted octanol–water partition coefficient (Wildman–Crippen LogP) is 3.17. The zero-order valence-corrected chi connectivity index (χ0v) is 18.6. The monoisotopic (exact) mass is 438 g/mol. The minimum absolute atomic E-state index is 0.104. The van der Waals surface area contributed by atoms with Crippen LogP contribution in [0.5, 0.6) is 0 Å². The van der Waals surface area contributed by atoms with Crippen molar-refractivity contribution in [3.8, 4) is 0 Å². The van der Waals surface area contributed by atoms with E-state index in [1.165, 1.54) is 4.88 Å². The van der Waals surface area contributed by atoms with Gasteiger partial charge >= 0.3 is 0 Å². The number of amides is 2. The summed E-state index contributed by atoms with van der Waals surface area (Å²) in [4.78, 5) is 46.4. The van der Waals surface area contributed by atoms with Gasteiger partial charge in [0, 0.05) is 23.4 Å². The number of aryl methyl sites for hydroxylation is 5. The molecule has 3 N–H and O–H groups in total. The highest BCUT2D eigenvalue weighted by Gasteiger charge is 2.20. The van der Waals surface area contributed by atoms with Gasteiger partial charge in [-0.3, -0.25) is 14.4 Å². The first-order valence-corrected chi connectivity index (χ1v) is 11.4. The van der Waals surface area contributed by atoms with Crippen LogP contribution in [0.4, 0.5) is 5.69 Å². The van der Waals surface area contributed by atoms with E-state index in [2.05, 4.69) is 20.6 Å². The SMILES string of the molecule is Cc1cccc(C)c1NC(=O)CNC(=O)CCc1nc2sc3c(c2c(=O)[nH]1)CCCC3. The van der Waals surface area contributed by atoms with Crippen molar-refractivity contribution in [1.82, 2.24) is 15.3 Å². The lowest BCUT2D eigenvalue weighted by Crippen LogP contribution is -2.33. The van der Waals surface area contributed by atoms with Gasteiger partial charge < -0.3 is 15.6 Å². The molecule has 4 rings (SSSR count). The predicted molar refractivity (Wildman–Crippen MR) is 123 cm³/mol. The van der Waals surface area contributed by atoms with E-state index in [-0.39, 0.29) is 30.3 Å². The summed E-state index contributed by atoms with van der Waals surface area (Å²) < 4.78 is 0. The number of benzene rings is 1. The van der Waals surface area contributed by atoms with Gasteiger partial charge in [-0.2, -0.15) is 0 Å². The summed E-state index contributed by atoms with van der Waals surface area (Å²) in [5.74, 6) is -0.0287. The van der Waals surface area contributed by atoms with E-state index >= 15 is 0 Å². The molecule has 2 aromatic heterocycles. The summed E-state index contributed by atoms with van der Waals surface area (Å²) in [7, 11) is 0. The van der Waals surface area contributed by atoms with Gasteiger partial charge in [-0.1, -0.05) is 18.2 Å². The number of aromatic amines is 1. The van der Waals surface area contributed by atoms with E-state index in [9.17, 15) is 14.4 Å². The molecule has 8 heteroatoms. The third-order valence-electron chi connectivity index (χ3n) is 5.65. The first kappa shape index (κ1) is 21.2. The molecular formula is C23H26N4O3S. The van der Waals surface area contributed by atoms with Gasteiger partial charge in [0.2, 0.25) is 11.8 Å². The maximum absolute atomic E-state index is 12.6. The highest BCUT2D eigenvalue weighted by Crippen LogP contribution is 2.33. The van der Waals surface area contributed by atoms with Crippen molar-refractivity contribution in [2.45, 2.75) is 52.4 Å². The molecule has 31 heavy (non-hydrogen) atoms. The van der Waals surface area contributed by atoms with Crippen molar-refractivity contribution in [3.63, 3.8) is 0 Å². The van der Waals surface area contributed by atoms with Crippen LogP contribution in [-0.4, -0.2) is 28.3 Å². The normalized spacial score (nSPS) is 13.1. The lowest BCUT2D eigenvalue weighted by atomic mass is 9.97. The summed E-state index contributed by atoms with van der Waals surface area (Å²) in [6, 6.07) is 5.79. The Hall–Kier alpha value is -3.00. The molecule has 0 aliphatic heterocycles. The van der Waals surface area contributed by atoms with Crippen LogP contribution in [0, 0.1) is 13.8 Å². The molecule has 0 unspecified atom stereocenters. The first-order chi connectivity index (χ1) is 14.9. The van der Waals surface area contributed by atoms with Crippen LogP contribution in [-0.2, 0) is 28.9 Å². The van der Waals surface area contributed by atoms with Crippen LogP contribution < -0.4 is 16.2 Å². The summed E-state index contributed by atoms with van der Waals surface area (Å²) in [5, 5.41) is 6.20. The molecule has 0 atom stereocenters. The minimum Gasteiger partial charge on any atom is -0.347 e. The molecule has 2 amide bonds. The Labute approximate surface area is 184 Å². The third kappa shape index (κ3) is 4.69. The molecule has 0 saturated carbocycles. The molecule has 0 radical (unpaired) electrons. The first-order valence-electron chi connectivity index (χ1n) is 10.6. The number of para-hydroxylation sites is 1. The molecule has 1 aromatic carbocycles. The second-order valence-corrected chi connectivity index (χ2v) is 9.08. The molecule has 0 saturated heterocycles. The molecule has 162 valence electrons. The van der Waals surface area contributed by atoms with Crippen LogP contribution in [0.2, 0.25) is 0 Å². The Kier molecular flexibility index (Phi) is 6.18. The number of carbonyl (C=O) groups excluding carboxylic acids is 2. The third-order valence-corrected chi connectivity index (χ3v) is 6.84. The summed E-state index contributed by atoms with van der Waals surface area (Å²) in [6.45, 7) is 3.75. The van der Waals surface area contributed by atoms with Crippen LogP contribution in [0.25, 0.3) is 10.2 Å². The maximum atomic E-state index is 12.6. The summed E-state index contributed by atoms with van der Waals surface area (Å²) >= 11 is 1.60. The van der Waals surface area contributed by atoms with E-state index in [1.807, 2.05) is 32.0 Å². The second kappa shape index (κ2) is 9.01. The number of nitrogens with zero attached hydrogens (tertiary/aromatic N) is 1. The van der Waals surface area contributed by atoms with E-state index in [0.29, 0.717) is 12.2 Å². The van der Waals surface area contributed by atoms with Crippen LogP contribution >= 0.6 is 11.3 Å². The fraction of sp³-hybridized carbons (Fsp3) is 0.391. The molecule has 1 aliphatic rings. The number of nitrogens with one attached hydrogen (secondary N) is 3. The number of H-pyrrole nitrogens is 1. The highest BCUT2D eigenvalue weighted by atomic mass is 32.1. The molecule has 0 fully saturated rings. The van der Waals surface area contributed by atoms with Crippen LogP contribution in [0.15, 0.2) is 23.0 Å². The van der Waals surface area contributed by atoms with Crippen molar-refractivity contribution >= 4 is 39.1 Å². The largest absolute Gasteiger partial charge is 0.347 e. The zero-order valence-electron chi connectivity index (χ0n) is 17.8. The molecule has 3 aromatic rings. The quantitative estimate of drug-likeness (QED) is 0.550. The van der Waals surface area contributed by atoms with Crippen molar-refractivity contribution in [2.75, 3.05) is 11.9 Å². The highest BCUT2D eigenvalue weighted by molar-refractivity contribution is 7.18. The molecule has 2 heterocycles. The van der Waals surface area contributed by atoms with Gasteiger partial charge in [0.1, 0.15) is 10.7 Å².